The summed E-state index contributed by atoms with van der Waals surface area (Å²) in [5.74, 6) is 1.31. The lowest BCUT2D eigenvalue weighted by atomic mass is 10.3. The molecule has 0 aliphatic heterocycles. The molecule has 10 nitrogen and oxygen atoms in total. The van der Waals surface area contributed by atoms with Gasteiger partial charge in [0.25, 0.3) is 5.91 Å². The number of rotatable bonds is 7. The number of aryl methyl sites for hydroxylation is 2. The summed E-state index contributed by atoms with van der Waals surface area (Å²) in [7, 11) is 3.21. The molecule has 26 heavy (non-hydrogen) atoms. The fourth-order valence-corrected chi connectivity index (χ4v) is 2.32. The normalized spacial score (nSPS) is 10.6. The van der Waals surface area contributed by atoms with Crippen molar-refractivity contribution in [3.63, 3.8) is 0 Å². The van der Waals surface area contributed by atoms with E-state index in [2.05, 4.69) is 31.0 Å². The average Bonchev–Trinajstić information content (AvgIpc) is 3.24. The molecule has 3 heterocycles. The number of carbonyl (C=O) groups excluding carboxylic acids is 1. The van der Waals surface area contributed by atoms with Crippen LogP contribution in [0.1, 0.15) is 16.1 Å². The van der Waals surface area contributed by atoms with Crippen LogP contribution in [0.4, 0.5) is 5.82 Å². The van der Waals surface area contributed by atoms with Gasteiger partial charge in [0.1, 0.15) is 11.4 Å². The molecule has 0 atom stereocenters. The van der Waals surface area contributed by atoms with Crippen LogP contribution in [-0.2, 0) is 7.05 Å². The Morgan fingerprint density at radius 1 is 1.19 bits per heavy atom. The molecule has 3 aromatic heterocycles. The highest BCUT2D eigenvalue weighted by Crippen LogP contribution is 2.14. The molecule has 3 aromatic rings. The lowest BCUT2D eigenvalue weighted by Crippen LogP contribution is -2.29. The molecule has 136 valence electrons. The van der Waals surface area contributed by atoms with Crippen molar-refractivity contribution in [1.82, 2.24) is 35.1 Å². The van der Waals surface area contributed by atoms with Crippen molar-refractivity contribution in [3.05, 3.63) is 41.9 Å². The molecular weight excluding hydrogens is 336 g/mol. The molecule has 2 N–H and O–H groups in total. The zero-order valence-electron chi connectivity index (χ0n) is 14.8. The lowest BCUT2D eigenvalue weighted by molar-refractivity contribution is 0.0952. The van der Waals surface area contributed by atoms with Crippen LogP contribution in [-0.4, -0.2) is 55.9 Å². The maximum atomic E-state index is 12.1. The van der Waals surface area contributed by atoms with Gasteiger partial charge in [-0.3, -0.25) is 9.48 Å². The van der Waals surface area contributed by atoms with Gasteiger partial charge in [0.05, 0.1) is 12.8 Å². The summed E-state index contributed by atoms with van der Waals surface area (Å²) < 4.78 is 8.27. The zero-order valence-corrected chi connectivity index (χ0v) is 14.8. The van der Waals surface area contributed by atoms with Crippen molar-refractivity contribution in [2.75, 3.05) is 25.5 Å². The third kappa shape index (κ3) is 3.97. The van der Waals surface area contributed by atoms with Crippen LogP contribution in [0.25, 0.3) is 5.82 Å². The second-order valence-corrected chi connectivity index (χ2v) is 5.59. The van der Waals surface area contributed by atoms with Crippen LogP contribution in [0.5, 0.6) is 5.88 Å². The first-order chi connectivity index (χ1) is 12.6. The number of methoxy groups -OCH3 is 1. The average molecular weight is 356 g/mol. The Balaban J connectivity index is 1.48. The number of amides is 1. The highest BCUT2D eigenvalue weighted by Gasteiger charge is 2.15. The van der Waals surface area contributed by atoms with Gasteiger partial charge < -0.3 is 15.4 Å². The standard InChI is InChI=1S/C16H20N8O2/c1-11-6-9-24(21-11)14-5-4-13(19-20-14)17-7-8-18-15(25)12-10-23(2)22-16(12)26-3/h4-6,9-10H,7-8H2,1-3H3,(H,17,19)(H,18,25). The quantitative estimate of drug-likeness (QED) is 0.595. The van der Waals surface area contributed by atoms with Crippen molar-refractivity contribution in [2.24, 2.45) is 7.05 Å². The summed E-state index contributed by atoms with van der Waals surface area (Å²) in [6.45, 7) is 2.83. The predicted octanol–water partition coefficient (Wildman–Crippen LogP) is 0.555. The Morgan fingerprint density at radius 3 is 2.69 bits per heavy atom. The van der Waals surface area contributed by atoms with Crippen molar-refractivity contribution in [1.29, 1.82) is 0 Å². The largest absolute Gasteiger partial charge is 0.479 e. The van der Waals surface area contributed by atoms with E-state index in [4.69, 9.17) is 4.74 Å². The van der Waals surface area contributed by atoms with Crippen molar-refractivity contribution in [3.8, 4) is 11.7 Å². The fraction of sp³-hybridized carbons (Fsp3) is 0.312. The van der Waals surface area contributed by atoms with Crippen molar-refractivity contribution >= 4 is 11.7 Å². The Hall–Kier alpha value is -3.43. The van der Waals surface area contributed by atoms with E-state index in [1.165, 1.54) is 11.8 Å². The zero-order chi connectivity index (χ0) is 18.5. The van der Waals surface area contributed by atoms with Crippen LogP contribution in [0.3, 0.4) is 0 Å². The highest BCUT2D eigenvalue weighted by molar-refractivity contribution is 5.96. The molecule has 0 aromatic carbocycles. The molecule has 1 amide bonds. The lowest BCUT2D eigenvalue weighted by Gasteiger charge is -2.07. The Labute approximate surface area is 150 Å². The summed E-state index contributed by atoms with van der Waals surface area (Å²) in [4.78, 5) is 12.1. The Kier molecular flexibility index (Phi) is 5.11. The smallest absolute Gasteiger partial charge is 0.258 e. The van der Waals surface area contributed by atoms with Gasteiger partial charge in [0.2, 0.25) is 5.88 Å². The highest BCUT2D eigenvalue weighted by atomic mass is 16.5. The molecule has 0 bridgehead atoms. The van der Waals surface area contributed by atoms with Crippen LogP contribution < -0.4 is 15.4 Å². The second-order valence-electron chi connectivity index (χ2n) is 5.59. The van der Waals surface area contributed by atoms with Gasteiger partial charge in [-0.05, 0) is 25.1 Å². The van der Waals surface area contributed by atoms with E-state index in [0.29, 0.717) is 36.2 Å². The minimum Gasteiger partial charge on any atom is -0.479 e. The predicted molar refractivity (Wildman–Crippen MR) is 94.5 cm³/mol. The summed E-state index contributed by atoms with van der Waals surface area (Å²) in [5, 5.41) is 22.5. The number of nitrogens with zero attached hydrogens (tertiary/aromatic N) is 6. The SMILES string of the molecule is COc1nn(C)cc1C(=O)NCCNc1ccc(-n2ccc(C)n2)nn1. The van der Waals surface area contributed by atoms with Gasteiger partial charge in [-0.25, -0.2) is 4.68 Å². The molecule has 0 spiro atoms. The monoisotopic (exact) mass is 356 g/mol. The van der Waals surface area contributed by atoms with Gasteiger partial charge in [-0.1, -0.05) is 0 Å². The van der Waals surface area contributed by atoms with E-state index in [-0.39, 0.29) is 5.91 Å². The van der Waals surface area contributed by atoms with E-state index in [1.54, 1.807) is 17.9 Å². The van der Waals surface area contributed by atoms with Crippen molar-refractivity contribution < 1.29 is 9.53 Å². The Morgan fingerprint density at radius 2 is 2.04 bits per heavy atom. The molecule has 0 unspecified atom stereocenters. The van der Waals surface area contributed by atoms with Gasteiger partial charge in [-0.2, -0.15) is 5.10 Å². The second kappa shape index (κ2) is 7.64. The first kappa shape index (κ1) is 17.4. The summed E-state index contributed by atoms with van der Waals surface area (Å²) >= 11 is 0. The molecule has 0 saturated heterocycles. The molecule has 0 aliphatic rings. The molecule has 0 aliphatic carbocycles. The number of ether oxygens (including phenoxy) is 1. The first-order valence-electron chi connectivity index (χ1n) is 8.03. The molecule has 10 heteroatoms. The van der Waals surface area contributed by atoms with Crippen molar-refractivity contribution in [2.45, 2.75) is 6.92 Å². The first-order valence-corrected chi connectivity index (χ1v) is 8.03. The van der Waals surface area contributed by atoms with E-state index >= 15 is 0 Å². The van der Waals surface area contributed by atoms with Crippen LogP contribution in [0, 0.1) is 6.92 Å². The molecule has 0 radical (unpaired) electrons. The molecule has 0 fully saturated rings. The fourth-order valence-electron chi connectivity index (χ4n) is 2.32. The molecular formula is C16H20N8O2. The number of anilines is 1. The van der Waals surface area contributed by atoms with E-state index < -0.39 is 0 Å². The number of carbonyl (C=O) groups is 1. The topological polar surface area (TPSA) is 112 Å². The van der Waals surface area contributed by atoms with Gasteiger partial charge in [0.15, 0.2) is 5.82 Å². The third-order valence-corrected chi connectivity index (χ3v) is 3.56. The van der Waals surface area contributed by atoms with E-state index in [1.807, 2.05) is 31.3 Å². The van der Waals surface area contributed by atoms with Crippen LogP contribution in [0.2, 0.25) is 0 Å². The number of hydrogen-bond donors (Lipinski definition) is 2. The molecule has 0 saturated carbocycles. The summed E-state index contributed by atoms with van der Waals surface area (Å²) in [6, 6.07) is 5.53. The van der Waals surface area contributed by atoms with E-state index in [9.17, 15) is 4.79 Å². The summed E-state index contributed by atoms with van der Waals surface area (Å²) in [5.41, 5.74) is 1.31. The molecule has 3 rings (SSSR count). The minimum atomic E-state index is -0.243. The minimum absolute atomic E-state index is 0.243. The number of hydrogen-bond acceptors (Lipinski definition) is 7. The maximum absolute atomic E-state index is 12.1. The third-order valence-electron chi connectivity index (χ3n) is 3.56. The van der Waals surface area contributed by atoms with Crippen LogP contribution in [0.15, 0.2) is 30.6 Å². The van der Waals surface area contributed by atoms with Gasteiger partial charge >= 0.3 is 0 Å². The van der Waals surface area contributed by atoms with Crippen LogP contribution >= 0.6 is 0 Å². The van der Waals surface area contributed by atoms with E-state index in [0.717, 1.165) is 5.69 Å². The maximum Gasteiger partial charge on any atom is 0.258 e. The Bertz CT molecular complexity index is 884. The van der Waals surface area contributed by atoms with Gasteiger partial charge in [-0.15, -0.1) is 15.3 Å². The number of nitrogens with one attached hydrogen (secondary N) is 2. The summed E-state index contributed by atoms with van der Waals surface area (Å²) in [6.07, 6.45) is 3.44. The van der Waals surface area contributed by atoms with Gasteiger partial charge in [0, 0.05) is 32.5 Å². The number of aromatic nitrogens is 6.